The van der Waals surface area contributed by atoms with Crippen molar-refractivity contribution in [1.29, 1.82) is 0 Å². The molecule has 118 valence electrons. The van der Waals surface area contributed by atoms with Gasteiger partial charge in [-0.2, -0.15) is 4.31 Å². The van der Waals surface area contributed by atoms with Crippen LogP contribution in [0.4, 0.5) is 0 Å². The summed E-state index contributed by atoms with van der Waals surface area (Å²) < 4.78 is 27.3. The van der Waals surface area contributed by atoms with Crippen LogP contribution in [0.3, 0.4) is 0 Å². The summed E-state index contributed by atoms with van der Waals surface area (Å²) >= 11 is 0. The monoisotopic (exact) mass is 311 g/mol. The Hall–Kier alpha value is -0.910. The summed E-state index contributed by atoms with van der Waals surface area (Å²) in [7, 11) is -3.50. The van der Waals surface area contributed by atoms with E-state index in [4.69, 9.17) is 0 Å². The maximum Gasteiger partial charge on any atom is 0.243 e. The van der Waals surface area contributed by atoms with Gasteiger partial charge in [0.15, 0.2) is 0 Å². The van der Waals surface area contributed by atoms with Gasteiger partial charge in [-0.05, 0) is 36.3 Å². The Morgan fingerprint density at radius 2 is 1.90 bits per heavy atom. The number of sulfonamides is 1. The zero-order valence-corrected chi connectivity index (χ0v) is 14.0. The fraction of sp³-hybridized carbons (Fsp3) is 0.625. The molecule has 1 aliphatic rings. The molecule has 1 fully saturated rings. The Balaban J connectivity index is 2.38. The predicted octanol–water partition coefficient (Wildman–Crippen LogP) is 2.38. The fourth-order valence-electron chi connectivity index (χ4n) is 2.82. The number of hydrogen-bond donors (Lipinski definition) is 1. The van der Waals surface area contributed by atoms with Gasteiger partial charge in [-0.25, -0.2) is 8.42 Å². The lowest BCUT2D eigenvalue weighted by Crippen LogP contribution is -2.32. The molecule has 0 spiro atoms. The highest BCUT2D eigenvalue weighted by Crippen LogP contribution is 2.33. The minimum atomic E-state index is -3.50. The molecule has 4 nitrogen and oxygen atoms in total. The van der Waals surface area contributed by atoms with Gasteiger partial charge in [-0.1, -0.05) is 39.0 Å². The summed E-state index contributed by atoms with van der Waals surface area (Å²) in [6, 6.07) is 7.22. The second-order valence-electron chi connectivity index (χ2n) is 6.90. The third-order valence-electron chi connectivity index (χ3n) is 4.18. The average molecular weight is 311 g/mol. The maximum absolute atomic E-state index is 12.9. The minimum absolute atomic E-state index is 0.0292. The lowest BCUT2D eigenvalue weighted by molar-refractivity contribution is 0.133. The highest BCUT2D eigenvalue weighted by Gasteiger charge is 2.36. The van der Waals surface area contributed by atoms with Crippen LogP contribution in [0, 0.1) is 5.92 Å². The molecule has 2 unspecified atom stereocenters. The first-order valence-corrected chi connectivity index (χ1v) is 8.86. The van der Waals surface area contributed by atoms with E-state index in [1.54, 1.807) is 19.1 Å². The van der Waals surface area contributed by atoms with E-state index >= 15 is 0 Å². The van der Waals surface area contributed by atoms with Crippen LogP contribution < -0.4 is 0 Å². The van der Waals surface area contributed by atoms with Crippen molar-refractivity contribution in [2.45, 2.75) is 50.5 Å². The lowest BCUT2D eigenvalue weighted by Gasteiger charge is -2.25. The van der Waals surface area contributed by atoms with E-state index in [-0.39, 0.29) is 11.3 Å². The van der Waals surface area contributed by atoms with Crippen LogP contribution >= 0.6 is 0 Å². The van der Waals surface area contributed by atoms with Crippen LogP contribution in [0.2, 0.25) is 0 Å². The fourth-order valence-corrected chi connectivity index (χ4v) is 4.73. The van der Waals surface area contributed by atoms with E-state index in [2.05, 4.69) is 0 Å². The number of aliphatic hydroxyl groups excluding tert-OH is 1. The summed E-state index contributed by atoms with van der Waals surface area (Å²) in [6.45, 7) is 8.66. The third-order valence-corrected chi connectivity index (χ3v) is 6.11. The van der Waals surface area contributed by atoms with Crippen molar-refractivity contribution in [3.8, 4) is 0 Å². The molecule has 1 aromatic rings. The summed E-state index contributed by atoms with van der Waals surface area (Å²) in [5, 5.41) is 9.67. The van der Waals surface area contributed by atoms with E-state index in [1.165, 1.54) is 4.31 Å². The van der Waals surface area contributed by atoms with E-state index in [0.717, 1.165) is 5.56 Å². The molecular formula is C16H25NO3S. The molecule has 0 saturated carbocycles. The van der Waals surface area contributed by atoms with Gasteiger partial charge < -0.3 is 5.11 Å². The molecule has 1 aromatic carbocycles. The zero-order chi connectivity index (χ0) is 15.8. The molecular weight excluding hydrogens is 286 g/mol. The van der Waals surface area contributed by atoms with Crippen LogP contribution in [0.5, 0.6) is 0 Å². The Labute approximate surface area is 127 Å². The number of rotatable bonds is 3. The van der Waals surface area contributed by atoms with Crippen LogP contribution in [0.1, 0.15) is 39.7 Å². The maximum atomic E-state index is 12.9. The van der Waals surface area contributed by atoms with Crippen molar-refractivity contribution in [3.05, 3.63) is 29.8 Å². The molecule has 1 aliphatic heterocycles. The standard InChI is InChI=1S/C16H25NO3S/c1-12(18)13-9-10-17(11-13)21(19,20)15-8-6-5-7-14(15)16(2,3)4/h5-8,12-13,18H,9-11H2,1-4H3. The SMILES string of the molecule is CC(O)C1CCN(S(=O)(=O)c2ccccc2C(C)(C)C)C1. The zero-order valence-electron chi connectivity index (χ0n) is 13.2. The van der Waals surface area contributed by atoms with Crippen molar-refractivity contribution < 1.29 is 13.5 Å². The molecule has 0 amide bonds. The van der Waals surface area contributed by atoms with Gasteiger partial charge in [0, 0.05) is 13.1 Å². The Morgan fingerprint density at radius 1 is 1.29 bits per heavy atom. The van der Waals surface area contributed by atoms with Gasteiger partial charge in [-0.3, -0.25) is 0 Å². The number of benzene rings is 1. The Kier molecular flexibility index (Phi) is 4.47. The van der Waals surface area contributed by atoms with Crippen molar-refractivity contribution >= 4 is 10.0 Å². The molecule has 0 aromatic heterocycles. The Bertz CT molecular complexity index is 602. The second-order valence-corrected chi connectivity index (χ2v) is 8.80. The normalized spacial score (nSPS) is 22.4. The largest absolute Gasteiger partial charge is 0.393 e. The van der Waals surface area contributed by atoms with Crippen LogP contribution in [-0.2, 0) is 15.4 Å². The molecule has 0 bridgehead atoms. The van der Waals surface area contributed by atoms with Crippen molar-refractivity contribution in [3.63, 3.8) is 0 Å². The van der Waals surface area contributed by atoms with Gasteiger partial charge in [0.2, 0.25) is 10.0 Å². The van der Waals surface area contributed by atoms with Gasteiger partial charge in [0.05, 0.1) is 11.0 Å². The Morgan fingerprint density at radius 3 is 2.43 bits per heavy atom. The van der Waals surface area contributed by atoms with E-state index < -0.39 is 16.1 Å². The van der Waals surface area contributed by atoms with Gasteiger partial charge in [-0.15, -0.1) is 0 Å². The van der Waals surface area contributed by atoms with Gasteiger partial charge in [0.1, 0.15) is 0 Å². The van der Waals surface area contributed by atoms with Crippen molar-refractivity contribution in [1.82, 2.24) is 4.31 Å². The minimum Gasteiger partial charge on any atom is -0.393 e. The second kappa shape index (κ2) is 5.71. The molecule has 2 atom stereocenters. The first-order valence-electron chi connectivity index (χ1n) is 7.42. The lowest BCUT2D eigenvalue weighted by atomic mass is 9.87. The average Bonchev–Trinajstić information content (AvgIpc) is 2.88. The van der Waals surface area contributed by atoms with Crippen LogP contribution in [0.15, 0.2) is 29.2 Å². The van der Waals surface area contributed by atoms with E-state index in [0.29, 0.717) is 24.4 Å². The molecule has 0 aliphatic carbocycles. The van der Waals surface area contributed by atoms with Gasteiger partial charge in [0.25, 0.3) is 0 Å². The smallest absolute Gasteiger partial charge is 0.243 e. The summed E-state index contributed by atoms with van der Waals surface area (Å²) in [5.41, 5.74) is 0.609. The highest BCUT2D eigenvalue weighted by atomic mass is 32.2. The molecule has 1 heterocycles. The first kappa shape index (κ1) is 16.5. The van der Waals surface area contributed by atoms with Crippen molar-refractivity contribution in [2.75, 3.05) is 13.1 Å². The molecule has 5 heteroatoms. The number of aliphatic hydroxyl groups is 1. The number of nitrogens with zero attached hydrogens (tertiary/aromatic N) is 1. The molecule has 21 heavy (non-hydrogen) atoms. The first-order chi connectivity index (χ1) is 9.64. The topological polar surface area (TPSA) is 57.6 Å². The van der Waals surface area contributed by atoms with Crippen LogP contribution in [0.25, 0.3) is 0 Å². The third kappa shape index (κ3) is 3.30. The summed E-state index contributed by atoms with van der Waals surface area (Å²) in [4.78, 5) is 0.392. The molecule has 0 radical (unpaired) electrons. The van der Waals surface area contributed by atoms with E-state index in [1.807, 2.05) is 32.9 Å². The number of hydrogen-bond acceptors (Lipinski definition) is 3. The molecule has 1 saturated heterocycles. The van der Waals surface area contributed by atoms with Crippen molar-refractivity contribution in [2.24, 2.45) is 5.92 Å². The summed E-state index contributed by atoms with van der Waals surface area (Å²) in [6.07, 6.45) is 0.247. The highest BCUT2D eigenvalue weighted by molar-refractivity contribution is 7.89. The molecule has 2 rings (SSSR count). The predicted molar refractivity (Wildman–Crippen MR) is 83.7 cm³/mol. The molecule has 1 N–H and O–H groups in total. The quantitative estimate of drug-likeness (QED) is 0.932. The van der Waals surface area contributed by atoms with E-state index in [9.17, 15) is 13.5 Å². The van der Waals surface area contributed by atoms with Crippen LogP contribution in [-0.4, -0.2) is 37.0 Å². The van der Waals surface area contributed by atoms with Gasteiger partial charge >= 0.3 is 0 Å². The summed E-state index contributed by atoms with van der Waals surface area (Å²) in [5.74, 6) is 0.0292.